The molecule has 1 saturated heterocycles. The van der Waals surface area contributed by atoms with E-state index in [2.05, 4.69) is 10.3 Å². The van der Waals surface area contributed by atoms with Crippen molar-refractivity contribution in [3.63, 3.8) is 0 Å². The first kappa shape index (κ1) is 15.0. The molecule has 0 saturated carbocycles. The maximum absolute atomic E-state index is 12.2. The third-order valence-corrected chi connectivity index (χ3v) is 2.75. The van der Waals surface area contributed by atoms with Gasteiger partial charge < -0.3 is 14.6 Å². The summed E-state index contributed by atoms with van der Waals surface area (Å²) in [4.78, 5) is 40.7. The average Bonchev–Trinajstić information content (AvgIpc) is 2.85. The zero-order chi connectivity index (χ0) is 15.8. The van der Waals surface area contributed by atoms with Gasteiger partial charge in [-0.15, -0.1) is 0 Å². The highest BCUT2D eigenvalue weighted by molar-refractivity contribution is 6.06. The Balaban J connectivity index is 2.07. The normalized spacial score (nSPS) is 18.9. The van der Waals surface area contributed by atoms with Crippen molar-refractivity contribution < 1.29 is 19.1 Å². The van der Waals surface area contributed by atoms with E-state index in [9.17, 15) is 14.4 Å². The summed E-state index contributed by atoms with van der Waals surface area (Å²) >= 11 is 0. The van der Waals surface area contributed by atoms with E-state index in [1.807, 2.05) is 0 Å². The Labute approximate surface area is 122 Å². The number of nitrogens with zero attached hydrogens (tertiary/aromatic N) is 3. The first-order valence-electron chi connectivity index (χ1n) is 6.49. The highest BCUT2D eigenvalue weighted by Crippen LogP contribution is 2.20. The summed E-state index contributed by atoms with van der Waals surface area (Å²) in [6.45, 7) is 4.74. The van der Waals surface area contributed by atoms with Crippen LogP contribution in [0.3, 0.4) is 0 Å². The minimum Gasteiger partial charge on any atom is -0.459 e. The molecule has 1 aromatic rings. The van der Waals surface area contributed by atoms with Gasteiger partial charge >= 0.3 is 12.0 Å². The molecule has 8 nitrogen and oxygen atoms in total. The van der Waals surface area contributed by atoms with E-state index >= 15 is 0 Å². The Morgan fingerprint density at radius 2 is 2.10 bits per heavy atom. The number of aryl methyl sites for hydroxylation is 1. The van der Waals surface area contributed by atoms with Crippen molar-refractivity contribution in [1.29, 1.82) is 0 Å². The van der Waals surface area contributed by atoms with Crippen molar-refractivity contribution in [2.24, 2.45) is 7.05 Å². The van der Waals surface area contributed by atoms with Crippen LogP contribution < -0.4 is 5.32 Å². The number of imidazole rings is 1. The van der Waals surface area contributed by atoms with Gasteiger partial charge in [-0.05, 0) is 20.8 Å². The second kappa shape index (κ2) is 5.19. The van der Waals surface area contributed by atoms with Gasteiger partial charge in [0.1, 0.15) is 12.1 Å². The van der Waals surface area contributed by atoms with Gasteiger partial charge in [0.05, 0.1) is 12.0 Å². The standard InChI is InChI=1S/C13H18N4O4/c1-13(2,3)21-9(18)6-17-11(19)10(15-12(17)20)8-5-16(4)7-14-8/h5,7,10H,6H2,1-4H3,(H,15,20). The summed E-state index contributed by atoms with van der Waals surface area (Å²) in [5.41, 5.74) is -0.237. The number of carbonyl (C=O) groups is 3. The van der Waals surface area contributed by atoms with Crippen LogP contribution in [0.25, 0.3) is 0 Å². The van der Waals surface area contributed by atoms with Crippen LogP contribution in [0, 0.1) is 0 Å². The zero-order valence-electron chi connectivity index (χ0n) is 12.4. The van der Waals surface area contributed by atoms with Crippen LogP contribution >= 0.6 is 0 Å². The number of rotatable bonds is 3. The number of hydrogen-bond acceptors (Lipinski definition) is 5. The first-order valence-corrected chi connectivity index (χ1v) is 6.49. The molecule has 3 amide bonds. The van der Waals surface area contributed by atoms with Crippen molar-refractivity contribution in [2.45, 2.75) is 32.4 Å². The molecule has 114 valence electrons. The van der Waals surface area contributed by atoms with Gasteiger partial charge in [-0.3, -0.25) is 14.5 Å². The highest BCUT2D eigenvalue weighted by atomic mass is 16.6. The molecule has 0 aliphatic carbocycles. The lowest BCUT2D eigenvalue weighted by Crippen LogP contribution is -2.38. The van der Waals surface area contributed by atoms with E-state index in [0.717, 1.165) is 4.90 Å². The fourth-order valence-electron chi connectivity index (χ4n) is 1.95. The van der Waals surface area contributed by atoms with Crippen molar-refractivity contribution in [1.82, 2.24) is 19.8 Å². The van der Waals surface area contributed by atoms with Crippen molar-refractivity contribution >= 4 is 17.9 Å². The van der Waals surface area contributed by atoms with Gasteiger partial charge in [-0.25, -0.2) is 9.78 Å². The molecule has 8 heteroatoms. The number of imide groups is 1. The summed E-state index contributed by atoms with van der Waals surface area (Å²) in [5.74, 6) is -1.14. The molecule has 1 aliphatic rings. The van der Waals surface area contributed by atoms with Crippen molar-refractivity contribution in [2.75, 3.05) is 6.54 Å². The van der Waals surface area contributed by atoms with Gasteiger partial charge in [0, 0.05) is 13.2 Å². The lowest BCUT2D eigenvalue weighted by Gasteiger charge is -2.21. The number of hydrogen-bond donors (Lipinski definition) is 1. The molecular formula is C13H18N4O4. The minimum absolute atomic E-state index is 0.411. The second-order valence-corrected chi connectivity index (χ2v) is 5.86. The van der Waals surface area contributed by atoms with Crippen molar-refractivity contribution in [3.05, 3.63) is 18.2 Å². The number of esters is 1. The highest BCUT2D eigenvalue weighted by Gasteiger charge is 2.41. The minimum atomic E-state index is -0.860. The monoisotopic (exact) mass is 294 g/mol. The summed E-state index contributed by atoms with van der Waals surface area (Å²) < 4.78 is 6.78. The molecule has 1 unspecified atom stereocenters. The predicted octanol–water partition coefficient (Wildman–Crippen LogP) is 0.355. The summed E-state index contributed by atoms with van der Waals surface area (Å²) in [6, 6.07) is -1.48. The molecule has 1 N–H and O–H groups in total. The molecule has 1 fully saturated rings. The lowest BCUT2D eigenvalue weighted by molar-refractivity contribution is -0.157. The van der Waals surface area contributed by atoms with Crippen LogP contribution in [0.2, 0.25) is 0 Å². The number of aromatic nitrogens is 2. The molecule has 1 aliphatic heterocycles. The Hall–Kier alpha value is -2.38. The molecule has 21 heavy (non-hydrogen) atoms. The first-order chi connectivity index (χ1) is 9.67. The van der Waals surface area contributed by atoms with Gasteiger partial charge in [0.15, 0.2) is 6.04 Å². The molecular weight excluding hydrogens is 276 g/mol. The molecule has 0 bridgehead atoms. The van der Waals surface area contributed by atoms with E-state index in [0.29, 0.717) is 5.69 Å². The molecule has 2 rings (SSSR count). The van der Waals surface area contributed by atoms with Crippen LogP contribution in [0.15, 0.2) is 12.5 Å². The van der Waals surface area contributed by atoms with E-state index in [1.165, 1.54) is 6.33 Å². The third kappa shape index (κ3) is 3.39. The van der Waals surface area contributed by atoms with Crippen LogP contribution in [0.1, 0.15) is 32.5 Å². The second-order valence-electron chi connectivity index (χ2n) is 5.86. The maximum atomic E-state index is 12.2. The summed E-state index contributed by atoms with van der Waals surface area (Å²) in [7, 11) is 1.76. The number of urea groups is 1. The zero-order valence-corrected chi connectivity index (χ0v) is 12.4. The predicted molar refractivity (Wildman–Crippen MR) is 72.0 cm³/mol. The Morgan fingerprint density at radius 1 is 1.43 bits per heavy atom. The van der Waals surface area contributed by atoms with E-state index in [1.54, 1.807) is 38.6 Å². The molecule has 0 aromatic carbocycles. The number of ether oxygens (including phenoxy) is 1. The molecule has 2 heterocycles. The molecule has 1 aromatic heterocycles. The summed E-state index contributed by atoms with van der Waals surface area (Å²) in [6.07, 6.45) is 3.17. The number of carbonyl (C=O) groups excluding carboxylic acids is 3. The Kier molecular flexibility index (Phi) is 3.71. The molecule has 1 atom stereocenters. The van der Waals surface area contributed by atoms with E-state index < -0.39 is 36.1 Å². The lowest BCUT2D eigenvalue weighted by atomic mass is 10.2. The fourth-order valence-corrected chi connectivity index (χ4v) is 1.95. The smallest absolute Gasteiger partial charge is 0.326 e. The average molecular weight is 294 g/mol. The van der Waals surface area contributed by atoms with Crippen LogP contribution in [0.4, 0.5) is 4.79 Å². The quantitative estimate of drug-likeness (QED) is 0.641. The Morgan fingerprint density at radius 3 is 2.62 bits per heavy atom. The third-order valence-electron chi connectivity index (χ3n) is 2.75. The molecule has 0 radical (unpaired) electrons. The maximum Gasteiger partial charge on any atom is 0.326 e. The summed E-state index contributed by atoms with van der Waals surface area (Å²) in [5, 5.41) is 2.51. The van der Waals surface area contributed by atoms with Gasteiger partial charge in [0.2, 0.25) is 0 Å². The topological polar surface area (TPSA) is 93.5 Å². The van der Waals surface area contributed by atoms with Crippen LogP contribution in [-0.4, -0.2) is 44.5 Å². The Bertz CT molecular complexity index is 587. The van der Waals surface area contributed by atoms with Gasteiger partial charge in [0.25, 0.3) is 5.91 Å². The SMILES string of the molecule is Cn1cnc(C2NC(=O)N(CC(=O)OC(C)(C)C)C2=O)c1. The largest absolute Gasteiger partial charge is 0.459 e. The van der Waals surface area contributed by atoms with E-state index in [-0.39, 0.29) is 0 Å². The number of amides is 3. The van der Waals surface area contributed by atoms with Gasteiger partial charge in [-0.1, -0.05) is 0 Å². The van der Waals surface area contributed by atoms with Crippen LogP contribution in [-0.2, 0) is 21.4 Å². The van der Waals surface area contributed by atoms with Gasteiger partial charge in [-0.2, -0.15) is 0 Å². The van der Waals surface area contributed by atoms with Crippen molar-refractivity contribution in [3.8, 4) is 0 Å². The van der Waals surface area contributed by atoms with Crippen LogP contribution in [0.5, 0.6) is 0 Å². The fraction of sp³-hybridized carbons (Fsp3) is 0.538. The number of nitrogens with one attached hydrogen (secondary N) is 1. The van der Waals surface area contributed by atoms with E-state index in [4.69, 9.17) is 4.74 Å². The molecule has 0 spiro atoms.